The summed E-state index contributed by atoms with van der Waals surface area (Å²) in [5, 5.41) is 5.97. The fourth-order valence-electron chi connectivity index (χ4n) is 2.11. The number of hydrogen-bond donors (Lipinski definition) is 1. The van der Waals surface area contributed by atoms with Gasteiger partial charge in [0, 0.05) is 18.9 Å². The Morgan fingerprint density at radius 1 is 0.889 bits per heavy atom. The lowest BCUT2D eigenvalue weighted by Crippen LogP contribution is -2.00. The standard InChI is InChI=1S/C16H14N2/c1-2-9-16-13(5-1)6-3-7-14(16)11-18-15-8-4-10-17-12-15/h1-10,12,18H,11H2. The van der Waals surface area contributed by atoms with Gasteiger partial charge < -0.3 is 5.32 Å². The Labute approximate surface area is 106 Å². The molecule has 1 N–H and O–H groups in total. The van der Waals surface area contributed by atoms with Crippen molar-refractivity contribution in [1.82, 2.24) is 4.98 Å². The monoisotopic (exact) mass is 234 g/mol. The number of nitrogens with zero attached hydrogens (tertiary/aromatic N) is 1. The van der Waals surface area contributed by atoms with Crippen molar-refractivity contribution in [2.24, 2.45) is 0 Å². The number of hydrogen-bond acceptors (Lipinski definition) is 2. The molecule has 2 heteroatoms. The lowest BCUT2D eigenvalue weighted by atomic mass is 10.0. The maximum absolute atomic E-state index is 4.10. The predicted molar refractivity (Wildman–Crippen MR) is 75.5 cm³/mol. The molecule has 2 aromatic carbocycles. The third-order valence-electron chi connectivity index (χ3n) is 3.02. The Morgan fingerprint density at radius 2 is 1.78 bits per heavy atom. The minimum atomic E-state index is 0.813. The van der Waals surface area contributed by atoms with Gasteiger partial charge in [-0.1, -0.05) is 42.5 Å². The van der Waals surface area contributed by atoms with Crippen LogP contribution in [0.3, 0.4) is 0 Å². The normalized spacial score (nSPS) is 10.4. The molecule has 2 nitrogen and oxygen atoms in total. The second kappa shape index (κ2) is 4.88. The molecule has 0 fully saturated rings. The van der Waals surface area contributed by atoms with Crippen molar-refractivity contribution >= 4 is 16.5 Å². The van der Waals surface area contributed by atoms with Gasteiger partial charge in [-0.2, -0.15) is 0 Å². The average Bonchev–Trinajstić information content (AvgIpc) is 2.46. The van der Waals surface area contributed by atoms with E-state index in [0.717, 1.165) is 12.2 Å². The van der Waals surface area contributed by atoms with Crippen molar-refractivity contribution in [3.05, 3.63) is 72.6 Å². The minimum Gasteiger partial charge on any atom is -0.380 e. The van der Waals surface area contributed by atoms with Crippen LogP contribution in [0.25, 0.3) is 10.8 Å². The van der Waals surface area contributed by atoms with Gasteiger partial charge in [0.25, 0.3) is 0 Å². The first-order valence-corrected chi connectivity index (χ1v) is 6.04. The molecule has 0 unspecified atom stereocenters. The van der Waals surface area contributed by atoms with Crippen molar-refractivity contribution in [3.8, 4) is 0 Å². The van der Waals surface area contributed by atoms with Crippen LogP contribution in [-0.4, -0.2) is 4.98 Å². The molecule has 0 aliphatic carbocycles. The molecule has 0 aliphatic heterocycles. The van der Waals surface area contributed by atoms with E-state index in [1.807, 2.05) is 18.3 Å². The van der Waals surface area contributed by atoms with Crippen LogP contribution < -0.4 is 5.32 Å². The quantitative estimate of drug-likeness (QED) is 0.744. The van der Waals surface area contributed by atoms with E-state index in [1.165, 1.54) is 16.3 Å². The Bertz CT molecular complexity index is 642. The first kappa shape index (κ1) is 10.8. The Kier molecular flexibility index (Phi) is 2.92. The zero-order valence-corrected chi connectivity index (χ0v) is 10.0. The molecule has 0 spiro atoms. The summed E-state index contributed by atoms with van der Waals surface area (Å²) in [6.07, 6.45) is 3.62. The molecule has 0 bridgehead atoms. The molecule has 0 atom stereocenters. The molecule has 3 aromatic rings. The summed E-state index contributed by atoms with van der Waals surface area (Å²) >= 11 is 0. The van der Waals surface area contributed by atoms with Crippen molar-refractivity contribution in [2.75, 3.05) is 5.32 Å². The highest BCUT2D eigenvalue weighted by atomic mass is 14.9. The van der Waals surface area contributed by atoms with Gasteiger partial charge in [-0.15, -0.1) is 0 Å². The molecule has 88 valence electrons. The molecule has 1 aromatic heterocycles. The highest BCUT2D eigenvalue weighted by Gasteiger charge is 1.99. The second-order valence-corrected chi connectivity index (χ2v) is 4.23. The van der Waals surface area contributed by atoms with Gasteiger partial charge in [-0.3, -0.25) is 4.98 Å². The smallest absolute Gasteiger partial charge is 0.0529 e. The largest absolute Gasteiger partial charge is 0.380 e. The topological polar surface area (TPSA) is 24.9 Å². The van der Waals surface area contributed by atoms with Crippen LogP contribution in [0.2, 0.25) is 0 Å². The number of fused-ring (bicyclic) bond motifs is 1. The number of pyridine rings is 1. The van der Waals surface area contributed by atoms with Crippen LogP contribution in [0.5, 0.6) is 0 Å². The SMILES string of the molecule is c1cncc(NCc2cccc3ccccc23)c1. The maximum Gasteiger partial charge on any atom is 0.0529 e. The van der Waals surface area contributed by atoms with Gasteiger partial charge in [0.1, 0.15) is 0 Å². The fourth-order valence-corrected chi connectivity index (χ4v) is 2.11. The third-order valence-corrected chi connectivity index (χ3v) is 3.02. The Balaban J connectivity index is 1.87. The summed E-state index contributed by atoms with van der Waals surface area (Å²) in [4.78, 5) is 4.10. The van der Waals surface area contributed by atoms with Gasteiger partial charge in [-0.25, -0.2) is 0 Å². The number of anilines is 1. The van der Waals surface area contributed by atoms with Gasteiger partial charge in [0.2, 0.25) is 0 Å². The van der Waals surface area contributed by atoms with Crippen molar-refractivity contribution in [1.29, 1.82) is 0 Å². The average molecular weight is 234 g/mol. The van der Waals surface area contributed by atoms with Crippen molar-refractivity contribution in [2.45, 2.75) is 6.54 Å². The molecule has 3 rings (SSSR count). The van der Waals surface area contributed by atoms with Crippen LogP contribution in [-0.2, 0) is 6.54 Å². The Hall–Kier alpha value is -2.35. The van der Waals surface area contributed by atoms with Gasteiger partial charge in [-0.05, 0) is 28.5 Å². The summed E-state index contributed by atoms with van der Waals surface area (Å²) in [5.41, 5.74) is 2.35. The third kappa shape index (κ3) is 2.18. The van der Waals surface area contributed by atoms with E-state index in [4.69, 9.17) is 0 Å². The lowest BCUT2D eigenvalue weighted by molar-refractivity contribution is 1.15. The van der Waals surface area contributed by atoms with E-state index in [1.54, 1.807) is 6.20 Å². The molecular weight excluding hydrogens is 220 g/mol. The number of rotatable bonds is 3. The molecule has 0 saturated heterocycles. The van der Waals surface area contributed by atoms with E-state index in [-0.39, 0.29) is 0 Å². The molecule has 0 saturated carbocycles. The molecule has 0 amide bonds. The zero-order valence-electron chi connectivity index (χ0n) is 10.0. The summed E-state index contributed by atoms with van der Waals surface area (Å²) in [7, 11) is 0. The molecular formula is C16H14N2. The predicted octanol–water partition coefficient (Wildman–Crippen LogP) is 3.85. The molecule has 0 aliphatic rings. The van der Waals surface area contributed by atoms with E-state index in [9.17, 15) is 0 Å². The van der Waals surface area contributed by atoms with Crippen molar-refractivity contribution in [3.63, 3.8) is 0 Å². The summed E-state index contributed by atoms with van der Waals surface area (Å²) in [5.74, 6) is 0. The second-order valence-electron chi connectivity index (χ2n) is 4.23. The summed E-state index contributed by atoms with van der Waals surface area (Å²) in [6, 6.07) is 18.8. The van der Waals surface area contributed by atoms with Crippen LogP contribution >= 0.6 is 0 Å². The summed E-state index contributed by atoms with van der Waals surface area (Å²) < 4.78 is 0. The highest BCUT2D eigenvalue weighted by Crippen LogP contribution is 2.19. The number of nitrogens with one attached hydrogen (secondary N) is 1. The lowest BCUT2D eigenvalue weighted by Gasteiger charge is -2.08. The first-order valence-electron chi connectivity index (χ1n) is 6.04. The van der Waals surface area contributed by atoms with Crippen LogP contribution in [0.1, 0.15) is 5.56 Å². The maximum atomic E-state index is 4.10. The highest BCUT2D eigenvalue weighted by molar-refractivity contribution is 5.85. The number of aromatic nitrogens is 1. The van der Waals surface area contributed by atoms with E-state index < -0.39 is 0 Å². The van der Waals surface area contributed by atoms with Crippen LogP contribution in [0.4, 0.5) is 5.69 Å². The first-order chi connectivity index (χ1) is 8.93. The number of benzene rings is 2. The van der Waals surface area contributed by atoms with Gasteiger partial charge in [0.05, 0.1) is 5.69 Å². The fraction of sp³-hybridized carbons (Fsp3) is 0.0625. The van der Waals surface area contributed by atoms with Crippen LogP contribution in [0.15, 0.2) is 67.0 Å². The zero-order chi connectivity index (χ0) is 12.2. The van der Waals surface area contributed by atoms with E-state index in [0.29, 0.717) is 0 Å². The van der Waals surface area contributed by atoms with E-state index in [2.05, 4.69) is 52.8 Å². The van der Waals surface area contributed by atoms with Crippen LogP contribution in [0, 0.1) is 0 Å². The molecule has 1 heterocycles. The summed E-state index contributed by atoms with van der Waals surface area (Å²) in [6.45, 7) is 0.813. The Morgan fingerprint density at radius 3 is 2.67 bits per heavy atom. The van der Waals surface area contributed by atoms with E-state index >= 15 is 0 Å². The molecule has 18 heavy (non-hydrogen) atoms. The van der Waals surface area contributed by atoms with Gasteiger partial charge in [0.15, 0.2) is 0 Å². The molecule has 0 radical (unpaired) electrons. The van der Waals surface area contributed by atoms with Gasteiger partial charge >= 0.3 is 0 Å². The minimum absolute atomic E-state index is 0.813. The van der Waals surface area contributed by atoms with Crippen molar-refractivity contribution < 1.29 is 0 Å².